The minimum atomic E-state index is 0.209. The molecular formula is C17H27ClN2O. The van der Waals surface area contributed by atoms with E-state index in [1.807, 2.05) is 6.07 Å². The Morgan fingerprint density at radius 3 is 2.81 bits per heavy atom. The quantitative estimate of drug-likeness (QED) is 0.710. The number of hydrogen-bond donors (Lipinski definition) is 1. The molecule has 0 amide bonds. The lowest BCUT2D eigenvalue weighted by Gasteiger charge is -2.21. The van der Waals surface area contributed by atoms with E-state index in [9.17, 15) is 0 Å². The standard InChI is InChI=1S/C17H27ClN2O/c1-3-15(19)10-14-6-7-17(16(18)11-14)20(2)8-9-21-12-13-4-5-13/h6-7,11,13,15H,3-5,8-10,12,19H2,1-2H3. The van der Waals surface area contributed by atoms with Crippen molar-refractivity contribution in [2.45, 2.75) is 38.6 Å². The first kappa shape index (κ1) is 16.6. The molecule has 1 atom stereocenters. The lowest BCUT2D eigenvalue weighted by molar-refractivity contribution is 0.131. The molecule has 2 N–H and O–H groups in total. The van der Waals surface area contributed by atoms with Gasteiger partial charge in [-0.05, 0) is 49.3 Å². The predicted molar refractivity (Wildman–Crippen MR) is 90.2 cm³/mol. The monoisotopic (exact) mass is 310 g/mol. The molecular weight excluding hydrogens is 284 g/mol. The van der Waals surface area contributed by atoms with E-state index in [0.717, 1.165) is 49.2 Å². The van der Waals surface area contributed by atoms with Crippen molar-refractivity contribution in [1.29, 1.82) is 0 Å². The van der Waals surface area contributed by atoms with Crippen LogP contribution in [0.1, 0.15) is 31.7 Å². The fourth-order valence-electron chi connectivity index (χ4n) is 2.29. The van der Waals surface area contributed by atoms with Crippen LogP contribution in [0, 0.1) is 5.92 Å². The summed E-state index contributed by atoms with van der Waals surface area (Å²) in [6.45, 7) is 4.64. The largest absolute Gasteiger partial charge is 0.379 e. The van der Waals surface area contributed by atoms with Crippen molar-refractivity contribution in [2.75, 3.05) is 31.7 Å². The van der Waals surface area contributed by atoms with Gasteiger partial charge in [0.25, 0.3) is 0 Å². The third-order valence-electron chi connectivity index (χ3n) is 4.07. The van der Waals surface area contributed by atoms with Crippen molar-refractivity contribution in [3.63, 3.8) is 0 Å². The molecule has 1 aliphatic carbocycles. The smallest absolute Gasteiger partial charge is 0.0642 e. The molecule has 3 nitrogen and oxygen atoms in total. The van der Waals surface area contributed by atoms with Gasteiger partial charge in [-0.1, -0.05) is 24.6 Å². The molecule has 0 aromatic heterocycles. The zero-order chi connectivity index (χ0) is 15.2. The number of benzene rings is 1. The SMILES string of the molecule is CCC(N)Cc1ccc(N(C)CCOCC2CC2)c(Cl)c1. The van der Waals surface area contributed by atoms with E-state index in [4.69, 9.17) is 22.1 Å². The minimum Gasteiger partial charge on any atom is -0.379 e. The van der Waals surface area contributed by atoms with Gasteiger partial charge >= 0.3 is 0 Å². The van der Waals surface area contributed by atoms with Crippen molar-refractivity contribution in [3.8, 4) is 0 Å². The minimum absolute atomic E-state index is 0.209. The van der Waals surface area contributed by atoms with Crippen LogP contribution in [-0.2, 0) is 11.2 Å². The Morgan fingerprint density at radius 2 is 2.19 bits per heavy atom. The highest BCUT2D eigenvalue weighted by Gasteiger charge is 2.21. The molecule has 118 valence electrons. The Bertz CT molecular complexity index is 448. The van der Waals surface area contributed by atoms with Crippen molar-refractivity contribution in [2.24, 2.45) is 11.7 Å². The molecule has 1 unspecified atom stereocenters. The van der Waals surface area contributed by atoms with Gasteiger partial charge in [0.1, 0.15) is 0 Å². The first-order chi connectivity index (χ1) is 10.1. The summed E-state index contributed by atoms with van der Waals surface area (Å²) in [6.07, 6.45) is 4.54. The lowest BCUT2D eigenvalue weighted by atomic mass is 10.0. The summed E-state index contributed by atoms with van der Waals surface area (Å²) in [5.74, 6) is 0.820. The van der Waals surface area contributed by atoms with Crippen LogP contribution in [0.2, 0.25) is 5.02 Å². The van der Waals surface area contributed by atoms with Gasteiger partial charge < -0.3 is 15.4 Å². The second-order valence-electron chi connectivity index (χ2n) is 6.10. The van der Waals surface area contributed by atoms with Crippen LogP contribution in [0.4, 0.5) is 5.69 Å². The highest BCUT2D eigenvalue weighted by Crippen LogP contribution is 2.29. The van der Waals surface area contributed by atoms with Crippen LogP contribution in [0.3, 0.4) is 0 Å². The van der Waals surface area contributed by atoms with Crippen molar-refractivity contribution in [1.82, 2.24) is 0 Å². The number of nitrogens with zero attached hydrogens (tertiary/aromatic N) is 1. The highest BCUT2D eigenvalue weighted by molar-refractivity contribution is 6.33. The molecule has 21 heavy (non-hydrogen) atoms. The third-order valence-corrected chi connectivity index (χ3v) is 4.37. The average molecular weight is 311 g/mol. The number of rotatable bonds is 9. The van der Waals surface area contributed by atoms with Gasteiger partial charge in [0, 0.05) is 26.2 Å². The Morgan fingerprint density at radius 1 is 1.43 bits per heavy atom. The molecule has 0 radical (unpaired) electrons. The molecule has 1 fully saturated rings. The molecule has 1 aromatic rings. The predicted octanol–water partition coefficient (Wildman–Crippen LogP) is 3.48. The average Bonchev–Trinajstić information content (AvgIpc) is 3.27. The summed E-state index contributed by atoms with van der Waals surface area (Å²) in [7, 11) is 2.05. The van der Waals surface area contributed by atoms with Crippen LogP contribution in [0.5, 0.6) is 0 Å². The Hall–Kier alpha value is -0.770. The topological polar surface area (TPSA) is 38.5 Å². The summed E-state index contributed by atoms with van der Waals surface area (Å²) in [6, 6.07) is 6.45. The van der Waals surface area contributed by atoms with E-state index in [-0.39, 0.29) is 6.04 Å². The number of halogens is 1. The molecule has 1 aliphatic rings. The van der Waals surface area contributed by atoms with Gasteiger partial charge in [-0.25, -0.2) is 0 Å². The summed E-state index contributed by atoms with van der Waals surface area (Å²) >= 11 is 6.40. The highest BCUT2D eigenvalue weighted by atomic mass is 35.5. The Balaban J connectivity index is 1.83. The van der Waals surface area contributed by atoms with Gasteiger partial charge in [-0.15, -0.1) is 0 Å². The van der Waals surface area contributed by atoms with Crippen LogP contribution in [0.15, 0.2) is 18.2 Å². The molecule has 0 spiro atoms. The summed E-state index contributed by atoms with van der Waals surface area (Å²) in [5.41, 5.74) is 8.25. The molecule has 0 heterocycles. The molecule has 0 bridgehead atoms. The first-order valence-electron chi connectivity index (χ1n) is 7.93. The van der Waals surface area contributed by atoms with Gasteiger partial charge in [-0.2, -0.15) is 0 Å². The second kappa shape index (κ2) is 8.02. The molecule has 2 rings (SSSR count). The fourth-order valence-corrected chi connectivity index (χ4v) is 2.64. The van der Waals surface area contributed by atoms with Crippen LogP contribution in [-0.4, -0.2) is 32.8 Å². The maximum Gasteiger partial charge on any atom is 0.0642 e. The zero-order valence-corrected chi connectivity index (χ0v) is 13.9. The lowest BCUT2D eigenvalue weighted by Crippen LogP contribution is -2.24. The normalized spacial score (nSPS) is 16.0. The molecule has 1 saturated carbocycles. The van der Waals surface area contributed by atoms with Gasteiger partial charge in [0.15, 0.2) is 0 Å². The number of anilines is 1. The van der Waals surface area contributed by atoms with Gasteiger partial charge in [0.05, 0.1) is 17.3 Å². The first-order valence-corrected chi connectivity index (χ1v) is 8.30. The maximum absolute atomic E-state index is 6.40. The van der Waals surface area contributed by atoms with E-state index < -0.39 is 0 Å². The number of hydrogen-bond acceptors (Lipinski definition) is 3. The van der Waals surface area contributed by atoms with E-state index in [2.05, 4.69) is 31.0 Å². The van der Waals surface area contributed by atoms with E-state index in [1.165, 1.54) is 18.4 Å². The van der Waals surface area contributed by atoms with Crippen molar-refractivity contribution < 1.29 is 4.74 Å². The van der Waals surface area contributed by atoms with Crippen LogP contribution in [0.25, 0.3) is 0 Å². The molecule has 0 aliphatic heterocycles. The molecule has 4 heteroatoms. The number of likely N-dealkylation sites (N-methyl/N-ethyl adjacent to an activating group) is 1. The van der Waals surface area contributed by atoms with Gasteiger partial charge in [0.2, 0.25) is 0 Å². The van der Waals surface area contributed by atoms with Gasteiger partial charge in [-0.3, -0.25) is 0 Å². The number of ether oxygens (including phenoxy) is 1. The third kappa shape index (κ3) is 5.50. The zero-order valence-electron chi connectivity index (χ0n) is 13.1. The summed E-state index contributed by atoms with van der Waals surface area (Å²) in [4.78, 5) is 2.15. The second-order valence-corrected chi connectivity index (χ2v) is 6.51. The van der Waals surface area contributed by atoms with Crippen LogP contribution >= 0.6 is 11.6 Å². The van der Waals surface area contributed by atoms with Crippen molar-refractivity contribution >= 4 is 17.3 Å². The number of nitrogens with two attached hydrogens (primary N) is 1. The van der Waals surface area contributed by atoms with E-state index >= 15 is 0 Å². The van der Waals surface area contributed by atoms with E-state index in [1.54, 1.807) is 0 Å². The maximum atomic E-state index is 6.40. The van der Waals surface area contributed by atoms with Crippen LogP contribution < -0.4 is 10.6 Å². The van der Waals surface area contributed by atoms with E-state index in [0.29, 0.717) is 0 Å². The Kier molecular flexibility index (Phi) is 6.34. The fraction of sp³-hybridized carbons (Fsp3) is 0.647. The Labute approximate surface area is 133 Å². The van der Waals surface area contributed by atoms with Crippen molar-refractivity contribution in [3.05, 3.63) is 28.8 Å². The molecule has 0 saturated heterocycles. The molecule has 1 aromatic carbocycles. The summed E-state index contributed by atoms with van der Waals surface area (Å²) < 4.78 is 5.68. The summed E-state index contributed by atoms with van der Waals surface area (Å²) in [5, 5.41) is 0.792.